The van der Waals surface area contributed by atoms with Gasteiger partial charge >= 0.3 is 12.1 Å². The first-order valence-corrected chi connectivity index (χ1v) is 13.7. The second-order valence-corrected chi connectivity index (χ2v) is 10.5. The lowest BCUT2D eigenvalue weighted by Gasteiger charge is -2.19. The Balaban J connectivity index is 1.45. The number of hydrogen-bond acceptors (Lipinski definition) is 6. The van der Waals surface area contributed by atoms with E-state index in [1.54, 1.807) is 84.9 Å². The average molecular weight is 599 g/mol. The standard InChI is InChI=1S/C32H21F3N4O3S/c1-18-15-25(32(33,34)35)24(17-36)30(37-18)43-28(20-7-3-2-4-8-20)29(40)38-21-13-11-19(12-14-21)27-16-23(31(41)42)22-9-5-6-10-26(22)39-27/h2-16,28H,1H3,(H,38,40)(H,41,42). The highest BCUT2D eigenvalue weighted by Gasteiger charge is 2.36. The second-order valence-electron chi connectivity index (χ2n) is 9.45. The lowest BCUT2D eigenvalue weighted by atomic mass is 10.0. The molecule has 5 rings (SSSR count). The highest BCUT2D eigenvalue weighted by molar-refractivity contribution is 8.00. The van der Waals surface area contributed by atoms with Crippen LogP contribution in [0.3, 0.4) is 0 Å². The maximum Gasteiger partial charge on any atom is 0.417 e. The summed E-state index contributed by atoms with van der Waals surface area (Å²) in [7, 11) is 0. The molecule has 43 heavy (non-hydrogen) atoms. The molecule has 0 bridgehead atoms. The van der Waals surface area contributed by atoms with E-state index in [-0.39, 0.29) is 16.3 Å². The van der Waals surface area contributed by atoms with Gasteiger partial charge < -0.3 is 10.4 Å². The molecule has 214 valence electrons. The van der Waals surface area contributed by atoms with Crippen LogP contribution in [0.5, 0.6) is 0 Å². The number of aromatic nitrogens is 2. The Morgan fingerprint density at radius 2 is 1.63 bits per heavy atom. The maximum atomic E-state index is 13.7. The number of anilines is 1. The number of carboxylic acid groups (broad SMARTS) is 1. The quantitative estimate of drug-likeness (QED) is 0.185. The minimum atomic E-state index is -4.77. The summed E-state index contributed by atoms with van der Waals surface area (Å²) < 4.78 is 41.1. The number of halogens is 3. The summed E-state index contributed by atoms with van der Waals surface area (Å²) in [6.45, 7) is 1.39. The molecule has 0 radical (unpaired) electrons. The van der Waals surface area contributed by atoms with Gasteiger partial charge in [-0.1, -0.05) is 72.4 Å². The Bertz CT molecular complexity index is 1890. The normalized spacial score (nSPS) is 12.0. The number of carbonyl (C=O) groups is 2. The van der Waals surface area contributed by atoms with Gasteiger partial charge in [-0.05, 0) is 42.8 Å². The Morgan fingerprint density at radius 3 is 2.28 bits per heavy atom. The predicted molar refractivity (Wildman–Crippen MR) is 156 cm³/mol. The molecule has 1 atom stereocenters. The number of aromatic carboxylic acids is 1. The topological polar surface area (TPSA) is 116 Å². The van der Waals surface area contributed by atoms with E-state index in [9.17, 15) is 33.1 Å². The van der Waals surface area contributed by atoms with Crippen LogP contribution in [0.4, 0.5) is 18.9 Å². The minimum absolute atomic E-state index is 0.0602. The van der Waals surface area contributed by atoms with Gasteiger partial charge in [0.1, 0.15) is 16.3 Å². The number of fused-ring (bicyclic) bond motifs is 1. The summed E-state index contributed by atoms with van der Waals surface area (Å²) in [5, 5.41) is 21.4. The molecule has 0 fully saturated rings. The third kappa shape index (κ3) is 6.34. The number of rotatable bonds is 7. The minimum Gasteiger partial charge on any atom is -0.478 e. The molecule has 3 aromatic carbocycles. The van der Waals surface area contributed by atoms with E-state index in [1.807, 2.05) is 0 Å². The monoisotopic (exact) mass is 598 g/mol. The fourth-order valence-corrected chi connectivity index (χ4v) is 5.66. The number of benzene rings is 3. The van der Waals surface area contributed by atoms with Gasteiger partial charge in [-0.15, -0.1) is 0 Å². The van der Waals surface area contributed by atoms with Crippen LogP contribution in [-0.2, 0) is 11.0 Å². The van der Waals surface area contributed by atoms with E-state index in [0.29, 0.717) is 33.4 Å². The van der Waals surface area contributed by atoms with Crippen LogP contribution in [0.25, 0.3) is 22.2 Å². The number of nitrogens with one attached hydrogen (secondary N) is 1. The van der Waals surface area contributed by atoms with E-state index in [4.69, 9.17) is 0 Å². The highest BCUT2D eigenvalue weighted by Crippen LogP contribution is 2.41. The van der Waals surface area contributed by atoms with Gasteiger partial charge in [-0.2, -0.15) is 18.4 Å². The van der Waals surface area contributed by atoms with Crippen LogP contribution in [0.2, 0.25) is 0 Å². The first-order valence-electron chi connectivity index (χ1n) is 12.8. The number of carbonyl (C=O) groups excluding carboxylic acids is 1. The molecule has 2 N–H and O–H groups in total. The molecular weight excluding hydrogens is 577 g/mol. The maximum absolute atomic E-state index is 13.7. The summed E-state index contributed by atoms with van der Waals surface area (Å²) in [6.07, 6.45) is -4.77. The van der Waals surface area contributed by atoms with Crippen molar-refractivity contribution in [3.63, 3.8) is 0 Å². The SMILES string of the molecule is Cc1cc(C(F)(F)F)c(C#N)c(SC(C(=O)Nc2ccc(-c3cc(C(=O)O)c4ccccc4n3)cc2)c2ccccc2)n1. The van der Waals surface area contributed by atoms with Gasteiger partial charge in [0.25, 0.3) is 0 Å². The van der Waals surface area contributed by atoms with Crippen LogP contribution in [-0.4, -0.2) is 27.0 Å². The van der Waals surface area contributed by atoms with Crippen LogP contribution < -0.4 is 5.32 Å². The number of alkyl halides is 3. The van der Waals surface area contributed by atoms with Gasteiger partial charge in [0, 0.05) is 22.3 Å². The van der Waals surface area contributed by atoms with Gasteiger partial charge in [0.15, 0.2) is 0 Å². The molecule has 1 unspecified atom stereocenters. The number of aryl methyl sites for hydroxylation is 1. The zero-order valence-corrected chi connectivity index (χ0v) is 23.2. The Kier molecular flexibility index (Phi) is 8.14. The van der Waals surface area contributed by atoms with Crippen molar-refractivity contribution >= 4 is 40.2 Å². The average Bonchev–Trinajstić information content (AvgIpc) is 2.99. The number of pyridine rings is 2. The lowest BCUT2D eigenvalue weighted by molar-refractivity contribution is -0.138. The third-order valence-electron chi connectivity index (χ3n) is 6.50. The number of nitrogens with zero attached hydrogens (tertiary/aromatic N) is 3. The molecule has 5 aromatic rings. The first-order chi connectivity index (χ1) is 20.5. The zero-order valence-electron chi connectivity index (χ0n) is 22.4. The van der Waals surface area contributed by atoms with Crippen LogP contribution in [0, 0.1) is 18.3 Å². The largest absolute Gasteiger partial charge is 0.478 e. The molecule has 2 heterocycles. The van der Waals surface area contributed by atoms with Crippen LogP contribution in [0.15, 0.2) is 96.0 Å². The molecule has 2 aromatic heterocycles. The number of nitriles is 1. The van der Waals surface area contributed by atoms with Crippen molar-refractivity contribution in [1.82, 2.24) is 9.97 Å². The second kappa shape index (κ2) is 12.0. The van der Waals surface area contributed by atoms with Crippen molar-refractivity contribution in [1.29, 1.82) is 5.26 Å². The molecule has 7 nitrogen and oxygen atoms in total. The molecule has 0 aliphatic heterocycles. The van der Waals surface area contributed by atoms with Gasteiger partial charge in [-0.25, -0.2) is 14.8 Å². The van der Waals surface area contributed by atoms with Crippen molar-refractivity contribution in [3.05, 3.63) is 119 Å². The third-order valence-corrected chi connectivity index (χ3v) is 7.74. The fourth-order valence-electron chi connectivity index (χ4n) is 4.51. The Labute approximate surface area is 248 Å². The highest BCUT2D eigenvalue weighted by atomic mass is 32.2. The number of carboxylic acids is 1. The lowest BCUT2D eigenvalue weighted by Crippen LogP contribution is -2.20. The summed E-state index contributed by atoms with van der Waals surface area (Å²) in [4.78, 5) is 34.2. The molecule has 0 spiro atoms. The van der Waals surface area contributed by atoms with Crippen LogP contribution in [0.1, 0.15) is 38.0 Å². The number of amides is 1. The summed E-state index contributed by atoms with van der Waals surface area (Å²) >= 11 is 0.759. The first kappa shape index (κ1) is 29.3. The molecular formula is C32H21F3N4O3S. The zero-order chi connectivity index (χ0) is 30.7. The molecule has 0 saturated heterocycles. The van der Waals surface area contributed by atoms with Crippen molar-refractivity contribution in [3.8, 4) is 17.3 Å². The van der Waals surface area contributed by atoms with Crippen LogP contribution >= 0.6 is 11.8 Å². The van der Waals surface area contributed by atoms with Gasteiger partial charge in [-0.3, -0.25) is 4.79 Å². The predicted octanol–water partition coefficient (Wildman–Crippen LogP) is 7.67. The molecule has 11 heteroatoms. The molecule has 0 saturated carbocycles. The number of hydrogen-bond donors (Lipinski definition) is 2. The van der Waals surface area contributed by atoms with E-state index < -0.39 is 34.4 Å². The van der Waals surface area contributed by atoms with E-state index >= 15 is 0 Å². The van der Waals surface area contributed by atoms with Gasteiger partial charge in [0.2, 0.25) is 5.91 Å². The summed E-state index contributed by atoms with van der Waals surface area (Å²) in [5.74, 6) is -1.63. The molecule has 0 aliphatic rings. The fraction of sp³-hybridized carbons (Fsp3) is 0.0938. The summed E-state index contributed by atoms with van der Waals surface area (Å²) in [5.41, 5.74) is 0.871. The van der Waals surface area contributed by atoms with E-state index in [2.05, 4.69) is 15.3 Å². The van der Waals surface area contributed by atoms with Crippen molar-refractivity contribution in [2.75, 3.05) is 5.32 Å². The number of thioether (sulfide) groups is 1. The number of para-hydroxylation sites is 1. The van der Waals surface area contributed by atoms with Crippen molar-refractivity contribution in [2.24, 2.45) is 0 Å². The molecule has 0 aliphatic carbocycles. The van der Waals surface area contributed by atoms with Gasteiger partial charge in [0.05, 0.1) is 27.9 Å². The van der Waals surface area contributed by atoms with Crippen molar-refractivity contribution < 1.29 is 27.9 Å². The summed E-state index contributed by atoms with van der Waals surface area (Å²) in [6, 6.07) is 25.9. The van der Waals surface area contributed by atoms with E-state index in [1.165, 1.54) is 13.0 Å². The molecule has 1 amide bonds. The van der Waals surface area contributed by atoms with Crippen molar-refractivity contribution in [2.45, 2.75) is 23.4 Å². The Hall–Kier alpha value is -5.21. The van der Waals surface area contributed by atoms with E-state index in [0.717, 1.165) is 17.8 Å². The Morgan fingerprint density at radius 1 is 0.953 bits per heavy atom. The smallest absolute Gasteiger partial charge is 0.417 e.